The van der Waals surface area contributed by atoms with Gasteiger partial charge in [-0.1, -0.05) is 136 Å². The second-order valence-corrected chi connectivity index (χ2v) is 9.98. The van der Waals surface area contributed by atoms with E-state index in [1.54, 1.807) is 0 Å². The van der Waals surface area contributed by atoms with E-state index in [4.69, 9.17) is 0 Å². The number of nitrogens with one attached hydrogen (secondary N) is 1. The zero-order valence-corrected chi connectivity index (χ0v) is 22.5. The van der Waals surface area contributed by atoms with Crippen LogP contribution in [0.3, 0.4) is 0 Å². The first-order chi connectivity index (χ1) is 18.1. The lowest BCUT2D eigenvalue weighted by molar-refractivity contribution is 0.523. The van der Waals surface area contributed by atoms with Crippen LogP contribution in [0, 0.1) is 0 Å². The molecule has 0 radical (unpaired) electrons. The van der Waals surface area contributed by atoms with Crippen molar-refractivity contribution >= 4 is 30.0 Å². The summed E-state index contributed by atoms with van der Waals surface area (Å²) in [5.41, 5.74) is 8.57. The minimum absolute atomic E-state index is 0.141. The lowest BCUT2D eigenvalue weighted by Gasteiger charge is -2.32. The average molecular weight is 486 g/mol. The highest BCUT2D eigenvalue weighted by Gasteiger charge is 2.24. The standard InChI is InChI=1S/C36H39N/c1-4-6-10-30-14-17-31(18-15-30)19-20-32-21-25-34(26-22-32)36(3,5-2)37-35-27-23-33(24-28-35)16-13-29-11-8-7-9-12-29/h7-9,11-28,37H,4-6,10H2,1-3H3/b16-13+,20-19+. The van der Waals surface area contributed by atoms with Crippen molar-refractivity contribution in [1.82, 2.24) is 0 Å². The molecule has 0 heterocycles. The van der Waals surface area contributed by atoms with Gasteiger partial charge in [-0.2, -0.15) is 0 Å². The number of unbranched alkanes of at least 4 members (excludes halogenated alkanes) is 1. The third kappa shape index (κ3) is 7.57. The lowest BCUT2D eigenvalue weighted by Crippen LogP contribution is -2.31. The molecule has 0 aliphatic rings. The molecule has 1 atom stereocenters. The molecule has 4 rings (SSSR count). The van der Waals surface area contributed by atoms with Gasteiger partial charge in [0.05, 0.1) is 5.54 Å². The van der Waals surface area contributed by atoms with Crippen molar-refractivity contribution in [2.24, 2.45) is 0 Å². The lowest BCUT2D eigenvalue weighted by atomic mass is 9.88. The molecule has 1 unspecified atom stereocenters. The Morgan fingerprint density at radius 3 is 1.59 bits per heavy atom. The molecule has 0 spiro atoms. The summed E-state index contributed by atoms with van der Waals surface area (Å²) in [6.07, 6.45) is 13.4. The van der Waals surface area contributed by atoms with Gasteiger partial charge in [0.2, 0.25) is 0 Å². The molecule has 37 heavy (non-hydrogen) atoms. The fourth-order valence-electron chi connectivity index (χ4n) is 4.45. The van der Waals surface area contributed by atoms with Gasteiger partial charge >= 0.3 is 0 Å². The van der Waals surface area contributed by atoms with Crippen LogP contribution in [0.1, 0.15) is 73.4 Å². The van der Waals surface area contributed by atoms with E-state index >= 15 is 0 Å². The van der Waals surface area contributed by atoms with Crippen LogP contribution in [-0.4, -0.2) is 0 Å². The van der Waals surface area contributed by atoms with Crippen molar-refractivity contribution < 1.29 is 0 Å². The first-order valence-electron chi connectivity index (χ1n) is 13.6. The smallest absolute Gasteiger partial charge is 0.0594 e. The Bertz CT molecular complexity index is 1280. The Morgan fingerprint density at radius 1 is 0.595 bits per heavy atom. The van der Waals surface area contributed by atoms with Crippen molar-refractivity contribution in [1.29, 1.82) is 0 Å². The van der Waals surface area contributed by atoms with Gasteiger partial charge in [0.1, 0.15) is 0 Å². The fraction of sp³-hybridized carbons (Fsp3) is 0.222. The number of anilines is 1. The van der Waals surface area contributed by atoms with Gasteiger partial charge in [-0.05, 0) is 71.7 Å². The highest BCUT2D eigenvalue weighted by molar-refractivity contribution is 5.71. The van der Waals surface area contributed by atoms with Crippen LogP contribution >= 0.6 is 0 Å². The highest BCUT2D eigenvalue weighted by atomic mass is 15.0. The van der Waals surface area contributed by atoms with Crippen LogP contribution in [-0.2, 0) is 12.0 Å². The second-order valence-electron chi connectivity index (χ2n) is 9.98. The number of hydrogen-bond donors (Lipinski definition) is 1. The molecule has 0 aliphatic heterocycles. The SMILES string of the molecule is CCCCc1ccc(/C=C/c2ccc(C(C)(CC)Nc3ccc(/C=C/c4ccccc4)cc3)cc2)cc1. The van der Waals surface area contributed by atoms with Crippen molar-refractivity contribution in [2.45, 2.75) is 52.0 Å². The summed E-state index contributed by atoms with van der Waals surface area (Å²) in [6.45, 7) is 6.76. The molecule has 4 aromatic rings. The van der Waals surface area contributed by atoms with E-state index in [9.17, 15) is 0 Å². The molecule has 0 saturated heterocycles. The van der Waals surface area contributed by atoms with Crippen LogP contribution in [0.25, 0.3) is 24.3 Å². The van der Waals surface area contributed by atoms with E-state index in [-0.39, 0.29) is 5.54 Å². The first kappa shape index (κ1) is 26.2. The van der Waals surface area contributed by atoms with Gasteiger partial charge in [0.25, 0.3) is 0 Å². The van der Waals surface area contributed by atoms with Crippen LogP contribution in [0.5, 0.6) is 0 Å². The molecule has 0 fully saturated rings. The zero-order valence-electron chi connectivity index (χ0n) is 22.5. The van der Waals surface area contributed by atoms with E-state index in [1.165, 1.54) is 52.6 Å². The van der Waals surface area contributed by atoms with Gasteiger partial charge < -0.3 is 5.32 Å². The molecule has 0 saturated carbocycles. The second kappa shape index (κ2) is 12.9. The van der Waals surface area contributed by atoms with Gasteiger partial charge in [-0.25, -0.2) is 0 Å². The predicted molar refractivity (Wildman–Crippen MR) is 164 cm³/mol. The largest absolute Gasteiger partial charge is 0.376 e. The summed E-state index contributed by atoms with van der Waals surface area (Å²) in [4.78, 5) is 0. The maximum atomic E-state index is 3.78. The molecular weight excluding hydrogens is 446 g/mol. The molecule has 1 nitrogen and oxygen atoms in total. The van der Waals surface area contributed by atoms with Crippen molar-refractivity contribution in [3.8, 4) is 0 Å². The van der Waals surface area contributed by atoms with Crippen LogP contribution < -0.4 is 5.32 Å². The Balaban J connectivity index is 1.39. The molecule has 0 aliphatic carbocycles. The summed E-state index contributed by atoms with van der Waals surface area (Å²) < 4.78 is 0. The maximum Gasteiger partial charge on any atom is 0.0594 e. The van der Waals surface area contributed by atoms with Gasteiger partial charge in [-0.3, -0.25) is 0 Å². The Morgan fingerprint density at radius 2 is 1.08 bits per heavy atom. The Labute approximate surface area is 223 Å². The van der Waals surface area contributed by atoms with Crippen LogP contribution in [0.2, 0.25) is 0 Å². The van der Waals surface area contributed by atoms with Crippen molar-refractivity contribution in [3.05, 3.63) is 137 Å². The van der Waals surface area contributed by atoms with Crippen molar-refractivity contribution in [2.75, 3.05) is 5.32 Å². The Hall–Kier alpha value is -3.84. The van der Waals surface area contributed by atoms with Crippen molar-refractivity contribution in [3.63, 3.8) is 0 Å². The van der Waals surface area contributed by atoms with E-state index in [1.807, 2.05) is 6.07 Å². The zero-order chi connectivity index (χ0) is 25.9. The quantitative estimate of drug-likeness (QED) is 0.208. The minimum atomic E-state index is -0.141. The summed E-state index contributed by atoms with van der Waals surface area (Å²) >= 11 is 0. The minimum Gasteiger partial charge on any atom is -0.376 e. The van der Waals surface area contributed by atoms with E-state index in [2.05, 4.69) is 147 Å². The van der Waals surface area contributed by atoms with Gasteiger partial charge in [0.15, 0.2) is 0 Å². The molecule has 4 aromatic carbocycles. The predicted octanol–water partition coefficient (Wildman–Crippen LogP) is 10.1. The molecule has 0 amide bonds. The third-order valence-corrected chi connectivity index (χ3v) is 7.12. The molecule has 0 aromatic heterocycles. The Kier molecular flexibility index (Phi) is 9.16. The summed E-state index contributed by atoms with van der Waals surface area (Å²) in [5, 5.41) is 3.78. The van der Waals surface area contributed by atoms with Gasteiger partial charge in [0, 0.05) is 5.69 Å². The maximum absolute atomic E-state index is 3.78. The number of benzene rings is 4. The normalized spacial score (nSPS) is 13.2. The molecule has 188 valence electrons. The van der Waals surface area contributed by atoms with Gasteiger partial charge in [-0.15, -0.1) is 0 Å². The molecule has 1 heteroatoms. The topological polar surface area (TPSA) is 12.0 Å². The molecular formula is C36H39N. The van der Waals surface area contributed by atoms with E-state index in [0.717, 1.165) is 12.1 Å². The summed E-state index contributed by atoms with van der Waals surface area (Å²) in [6, 6.07) is 37.0. The highest BCUT2D eigenvalue weighted by Crippen LogP contribution is 2.30. The van der Waals surface area contributed by atoms with E-state index in [0.29, 0.717) is 0 Å². The summed E-state index contributed by atoms with van der Waals surface area (Å²) in [5.74, 6) is 0. The third-order valence-electron chi connectivity index (χ3n) is 7.12. The number of aryl methyl sites for hydroxylation is 1. The summed E-state index contributed by atoms with van der Waals surface area (Å²) in [7, 11) is 0. The number of hydrogen-bond acceptors (Lipinski definition) is 1. The molecule has 0 bridgehead atoms. The van der Waals surface area contributed by atoms with E-state index < -0.39 is 0 Å². The molecule has 1 N–H and O–H groups in total. The monoisotopic (exact) mass is 485 g/mol. The fourth-order valence-corrected chi connectivity index (χ4v) is 4.45. The van der Waals surface area contributed by atoms with Crippen LogP contribution in [0.15, 0.2) is 103 Å². The van der Waals surface area contributed by atoms with Crippen LogP contribution in [0.4, 0.5) is 5.69 Å². The average Bonchev–Trinajstić information content (AvgIpc) is 2.96. The first-order valence-corrected chi connectivity index (χ1v) is 13.6. The number of rotatable bonds is 11.